The highest BCUT2D eigenvalue weighted by Crippen LogP contribution is 2.44. The average Bonchev–Trinajstić information content (AvgIpc) is 2.92. The summed E-state index contributed by atoms with van der Waals surface area (Å²) in [5, 5.41) is 18.8. The first-order valence-electron chi connectivity index (χ1n) is 7.50. The van der Waals surface area contributed by atoms with E-state index in [0.717, 1.165) is 22.3 Å². The predicted molar refractivity (Wildman–Crippen MR) is 86.3 cm³/mol. The molecule has 4 N–H and O–H groups in total. The van der Waals surface area contributed by atoms with E-state index in [4.69, 9.17) is 15.6 Å². The summed E-state index contributed by atoms with van der Waals surface area (Å²) in [4.78, 5) is 23.0. The Labute approximate surface area is 138 Å². The lowest BCUT2D eigenvalue weighted by Crippen LogP contribution is -2.53. The van der Waals surface area contributed by atoms with Gasteiger partial charge in [-0.3, -0.25) is 0 Å². The number of carbonyl (C=O) groups excluding carboxylic acids is 1. The van der Waals surface area contributed by atoms with Crippen molar-refractivity contribution in [3.05, 3.63) is 59.7 Å². The molecule has 124 valence electrons. The number of carboxylic acid groups (broad SMARTS) is 1. The molecule has 0 spiro atoms. The Kier molecular flexibility index (Phi) is 4.09. The molecule has 24 heavy (non-hydrogen) atoms. The third-order valence-corrected chi connectivity index (χ3v) is 4.33. The van der Waals surface area contributed by atoms with Crippen molar-refractivity contribution in [2.45, 2.75) is 11.5 Å². The minimum absolute atomic E-state index is 0.0670. The van der Waals surface area contributed by atoms with Crippen LogP contribution in [0, 0.1) is 0 Å². The second-order valence-corrected chi connectivity index (χ2v) is 5.70. The Bertz CT molecular complexity index is 758. The number of carbonyl (C=O) groups is 2. The number of hydrogen-bond acceptors (Lipinski definition) is 5. The van der Waals surface area contributed by atoms with Gasteiger partial charge < -0.3 is 20.7 Å². The van der Waals surface area contributed by atoms with Gasteiger partial charge in [-0.15, -0.1) is 0 Å². The second kappa shape index (κ2) is 6.07. The Balaban J connectivity index is 1.86. The van der Waals surface area contributed by atoms with Crippen LogP contribution in [0.25, 0.3) is 11.1 Å². The summed E-state index contributed by atoms with van der Waals surface area (Å²) in [6.45, 7) is -0.818. The number of aliphatic carboxylic acids is 1. The number of fused-ring (bicyclic) bond motifs is 3. The molecule has 0 radical (unpaired) electrons. The molecule has 1 aliphatic carbocycles. The van der Waals surface area contributed by atoms with Gasteiger partial charge in [0.15, 0.2) is 0 Å². The molecular weight excluding hydrogens is 310 g/mol. The number of ether oxygens (including phenoxy) is 1. The zero-order valence-electron chi connectivity index (χ0n) is 12.8. The maximum atomic E-state index is 12.0. The summed E-state index contributed by atoms with van der Waals surface area (Å²) in [5.74, 6) is -3.18. The molecule has 0 unspecified atom stereocenters. The van der Waals surface area contributed by atoms with Gasteiger partial charge >= 0.3 is 11.9 Å². The lowest BCUT2D eigenvalue weighted by atomic mass is 9.98. The number of carboxylic acids is 1. The van der Waals surface area contributed by atoms with E-state index in [-0.39, 0.29) is 12.5 Å². The van der Waals surface area contributed by atoms with Crippen molar-refractivity contribution in [3.8, 4) is 11.1 Å². The Morgan fingerprint density at radius 3 is 2.00 bits per heavy atom. The van der Waals surface area contributed by atoms with Crippen LogP contribution in [0.5, 0.6) is 0 Å². The fourth-order valence-electron chi connectivity index (χ4n) is 2.98. The number of esters is 1. The lowest BCUT2D eigenvalue weighted by Gasteiger charge is -2.21. The van der Waals surface area contributed by atoms with Crippen molar-refractivity contribution in [2.75, 3.05) is 13.2 Å². The van der Waals surface area contributed by atoms with Gasteiger partial charge in [-0.25, -0.2) is 9.59 Å². The SMILES string of the molecule is NC[C@](O)(C(=O)O)C(=O)OCC1c2ccccc2-c2ccccc21. The summed E-state index contributed by atoms with van der Waals surface area (Å²) in [7, 11) is 0. The molecule has 0 amide bonds. The van der Waals surface area contributed by atoms with E-state index >= 15 is 0 Å². The highest BCUT2D eigenvalue weighted by atomic mass is 16.6. The van der Waals surface area contributed by atoms with Crippen LogP contribution < -0.4 is 5.73 Å². The minimum Gasteiger partial charge on any atom is -0.479 e. The molecule has 2 aromatic rings. The summed E-state index contributed by atoms with van der Waals surface area (Å²) < 4.78 is 5.11. The minimum atomic E-state index is -2.72. The van der Waals surface area contributed by atoms with Gasteiger partial charge in [-0.2, -0.15) is 0 Å². The average molecular weight is 327 g/mol. The number of benzene rings is 2. The molecule has 0 aromatic heterocycles. The summed E-state index contributed by atoms with van der Waals surface area (Å²) in [6.07, 6.45) is 0. The fraction of sp³-hybridized carbons (Fsp3) is 0.222. The highest BCUT2D eigenvalue weighted by molar-refractivity contribution is 6.02. The van der Waals surface area contributed by atoms with E-state index in [9.17, 15) is 14.7 Å². The molecular formula is C18H17NO5. The predicted octanol–water partition coefficient (Wildman–Crippen LogP) is 1.12. The number of aliphatic hydroxyl groups is 1. The van der Waals surface area contributed by atoms with Crippen LogP contribution in [-0.4, -0.2) is 40.9 Å². The Morgan fingerprint density at radius 2 is 1.54 bits per heavy atom. The summed E-state index contributed by atoms with van der Waals surface area (Å²) in [6, 6.07) is 15.5. The van der Waals surface area contributed by atoms with Crippen LogP contribution in [0.3, 0.4) is 0 Å². The second-order valence-electron chi connectivity index (χ2n) is 5.70. The van der Waals surface area contributed by atoms with Crippen LogP contribution in [0.15, 0.2) is 48.5 Å². The van der Waals surface area contributed by atoms with Crippen LogP contribution >= 0.6 is 0 Å². The maximum Gasteiger partial charge on any atom is 0.351 e. The molecule has 3 rings (SSSR count). The van der Waals surface area contributed by atoms with Crippen molar-refractivity contribution in [1.82, 2.24) is 0 Å². The molecule has 6 heteroatoms. The van der Waals surface area contributed by atoms with Crippen LogP contribution in [0.4, 0.5) is 0 Å². The lowest BCUT2D eigenvalue weighted by molar-refractivity contribution is -0.178. The van der Waals surface area contributed by atoms with Crippen molar-refractivity contribution in [1.29, 1.82) is 0 Å². The van der Waals surface area contributed by atoms with Crippen LogP contribution in [-0.2, 0) is 14.3 Å². The summed E-state index contributed by atoms with van der Waals surface area (Å²) >= 11 is 0. The topological polar surface area (TPSA) is 110 Å². The standard InChI is InChI=1S/C18H17NO5/c19-10-18(23,16(20)21)17(22)24-9-15-13-7-3-1-5-11(13)12-6-2-4-8-14(12)15/h1-8,15,23H,9-10,19H2,(H,20,21)/t18-/m0/s1. The van der Waals surface area contributed by atoms with Crippen LogP contribution in [0.2, 0.25) is 0 Å². The molecule has 0 aliphatic heterocycles. The molecule has 2 aromatic carbocycles. The largest absolute Gasteiger partial charge is 0.479 e. The maximum absolute atomic E-state index is 12.0. The van der Waals surface area contributed by atoms with Gasteiger partial charge in [-0.1, -0.05) is 48.5 Å². The zero-order chi connectivity index (χ0) is 17.3. The van der Waals surface area contributed by atoms with E-state index in [1.807, 2.05) is 48.5 Å². The third-order valence-electron chi connectivity index (χ3n) is 4.33. The highest BCUT2D eigenvalue weighted by Gasteiger charge is 2.45. The van der Waals surface area contributed by atoms with Gasteiger partial charge in [-0.05, 0) is 22.3 Å². The number of rotatable bonds is 5. The monoisotopic (exact) mass is 327 g/mol. The van der Waals surface area contributed by atoms with E-state index in [2.05, 4.69) is 0 Å². The number of hydrogen-bond donors (Lipinski definition) is 3. The fourth-order valence-corrected chi connectivity index (χ4v) is 2.98. The molecule has 0 bridgehead atoms. The van der Waals surface area contributed by atoms with E-state index in [1.54, 1.807) is 0 Å². The van der Waals surface area contributed by atoms with Crippen molar-refractivity contribution < 1.29 is 24.5 Å². The molecule has 0 heterocycles. The van der Waals surface area contributed by atoms with E-state index in [1.165, 1.54) is 0 Å². The smallest absolute Gasteiger partial charge is 0.351 e. The number of nitrogens with two attached hydrogens (primary N) is 1. The Morgan fingerprint density at radius 1 is 1.04 bits per heavy atom. The van der Waals surface area contributed by atoms with Crippen LogP contribution in [0.1, 0.15) is 17.0 Å². The van der Waals surface area contributed by atoms with E-state index in [0.29, 0.717) is 0 Å². The third kappa shape index (κ3) is 2.46. The van der Waals surface area contributed by atoms with Gasteiger partial charge in [0.1, 0.15) is 6.61 Å². The van der Waals surface area contributed by atoms with Gasteiger partial charge in [0.2, 0.25) is 0 Å². The molecule has 0 fully saturated rings. The summed E-state index contributed by atoms with van der Waals surface area (Å²) in [5.41, 5.74) is 6.60. The molecule has 0 saturated heterocycles. The zero-order valence-corrected chi connectivity index (χ0v) is 12.8. The van der Waals surface area contributed by atoms with Crippen molar-refractivity contribution in [2.24, 2.45) is 5.73 Å². The normalized spacial score (nSPS) is 15.2. The molecule has 6 nitrogen and oxygen atoms in total. The van der Waals surface area contributed by atoms with Gasteiger partial charge in [0.25, 0.3) is 5.60 Å². The van der Waals surface area contributed by atoms with Gasteiger partial charge in [0.05, 0.1) is 0 Å². The molecule has 1 atom stereocenters. The quantitative estimate of drug-likeness (QED) is 0.561. The van der Waals surface area contributed by atoms with Crippen molar-refractivity contribution >= 4 is 11.9 Å². The molecule has 0 saturated carbocycles. The molecule has 1 aliphatic rings. The van der Waals surface area contributed by atoms with Crippen molar-refractivity contribution in [3.63, 3.8) is 0 Å². The van der Waals surface area contributed by atoms with Gasteiger partial charge in [0, 0.05) is 12.5 Å². The first kappa shape index (κ1) is 16.2. The van der Waals surface area contributed by atoms with E-state index < -0.39 is 24.1 Å². The Hall–Kier alpha value is -2.70. The first-order chi connectivity index (χ1) is 11.5. The first-order valence-corrected chi connectivity index (χ1v) is 7.50.